The van der Waals surface area contributed by atoms with E-state index in [9.17, 15) is 0 Å². The van der Waals surface area contributed by atoms with Crippen molar-refractivity contribution in [2.24, 2.45) is 5.92 Å². The third-order valence-corrected chi connectivity index (χ3v) is 2.36. The first-order chi connectivity index (χ1) is 8.74. The molecule has 0 amide bonds. The molecule has 0 radical (unpaired) electrons. The maximum atomic E-state index is 5.54. The van der Waals surface area contributed by atoms with Crippen molar-refractivity contribution in [3.8, 4) is 0 Å². The Morgan fingerprint density at radius 2 is 2.22 bits per heavy atom. The fourth-order valence-corrected chi connectivity index (χ4v) is 1.46. The molecule has 6 heteroatoms. The van der Waals surface area contributed by atoms with Crippen molar-refractivity contribution in [1.82, 2.24) is 20.1 Å². The Hall–Kier alpha value is -0.980. The zero-order valence-corrected chi connectivity index (χ0v) is 11.6. The molecule has 0 saturated carbocycles. The van der Waals surface area contributed by atoms with Crippen LogP contribution in [0.4, 0.5) is 0 Å². The second-order valence-electron chi connectivity index (χ2n) is 4.54. The molecular formula is C12H24N4O2. The summed E-state index contributed by atoms with van der Waals surface area (Å²) in [5.41, 5.74) is 0. The van der Waals surface area contributed by atoms with E-state index in [-0.39, 0.29) is 0 Å². The molecule has 18 heavy (non-hydrogen) atoms. The van der Waals surface area contributed by atoms with Crippen LogP contribution in [0.5, 0.6) is 0 Å². The van der Waals surface area contributed by atoms with E-state index in [1.165, 1.54) is 0 Å². The van der Waals surface area contributed by atoms with Gasteiger partial charge in [0.15, 0.2) is 0 Å². The molecule has 104 valence electrons. The van der Waals surface area contributed by atoms with Crippen LogP contribution in [0.2, 0.25) is 0 Å². The van der Waals surface area contributed by atoms with E-state index in [0.717, 1.165) is 25.5 Å². The van der Waals surface area contributed by atoms with Gasteiger partial charge in [0, 0.05) is 20.3 Å². The Morgan fingerprint density at radius 3 is 2.94 bits per heavy atom. The fourth-order valence-electron chi connectivity index (χ4n) is 1.46. The number of rotatable bonds is 10. The van der Waals surface area contributed by atoms with E-state index < -0.39 is 0 Å². The molecule has 0 aromatic carbocycles. The Labute approximate surface area is 109 Å². The highest BCUT2D eigenvalue weighted by Crippen LogP contribution is 1.96. The standard InChI is InChI=1S/C12H24N4O2/c1-11(2)9-18-7-5-16-12(14-10-15-16)8-13-4-6-17-3/h10-11,13H,4-9H2,1-3H3. The van der Waals surface area contributed by atoms with Crippen molar-refractivity contribution < 1.29 is 9.47 Å². The van der Waals surface area contributed by atoms with Crippen LogP contribution in [0.3, 0.4) is 0 Å². The molecule has 0 aliphatic rings. The normalized spacial score (nSPS) is 11.3. The van der Waals surface area contributed by atoms with E-state index in [2.05, 4.69) is 29.2 Å². The first-order valence-electron chi connectivity index (χ1n) is 6.38. The predicted molar refractivity (Wildman–Crippen MR) is 69.3 cm³/mol. The fraction of sp³-hybridized carbons (Fsp3) is 0.833. The van der Waals surface area contributed by atoms with E-state index in [1.54, 1.807) is 13.4 Å². The minimum absolute atomic E-state index is 0.566. The molecule has 0 atom stereocenters. The third kappa shape index (κ3) is 6.09. The average Bonchev–Trinajstić information content (AvgIpc) is 2.78. The van der Waals surface area contributed by atoms with Crippen LogP contribution >= 0.6 is 0 Å². The number of aromatic nitrogens is 3. The highest BCUT2D eigenvalue weighted by molar-refractivity contribution is 4.83. The summed E-state index contributed by atoms with van der Waals surface area (Å²) in [7, 11) is 1.69. The topological polar surface area (TPSA) is 61.2 Å². The van der Waals surface area contributed by atoms with Crippen molar-refractivity contribution in [3.05, 3.63) is 12.2 Å². The van der Waals surface area contributed by atoms with Gasteiger partial charge in [-0.05, 0) is 5.92 Å². The highest BCUT2D eigenvalue weighted by Gasteiger charge is 2.03. The number of hydrogen-bond acceptors (Lipinski definition) is 5. The molecule has 0 aliphatic carbocycles. The monoisotopic (exact) mass is 256 g/mol. The second-order valence-corrected chi connectivity index (χ2v) is 4.54. The van der Waals surface area contributed by atoms with Crippen molar-refractivity contribution in [3.63, 3.8) is 0 Å². The second kappa shape index (κ2) is 9.02. The van der Waals surface area contributed by atoms with Crippen LogP contribution in [-0.2, 0) is 22.6 Å². The molecule has 1 heterocycles. The van der Waals surface area contributed by atoms with Crippen LogP contribution in [0.15, 0.2) is 6.33 Å². The highest BCUT2D eigenvalue weighted by atomic mass is 16.5. The number of methoxy groups -OCH3 is 1. The molecule has 0 saturated heterocycles. The summed E-state index contributed by atoms with van der Waals surface area (Å²) in [6, 6.07) is 0. The zero-order chi connectivity index (χ0) is 13.2. The Kier molecular flexibility index (Phi) is 7.55. The molecule has 1 rings (SSSR count). The molecule has 1 aromatic rings. The average molecular weight is 256 g/mol. The summed E-state index contributed by atoms with van der Waals surface area (Å²) < 4.78 is 12.4. The maximum Gasteiger partial charge on any atom is 0.140 e. The smallest absolute Gasteiger partial charge is 0.140 e. The number of hydrogen-bond donors (Lipinski definition) is 1. The molecule has 6 nitrogen and oxygen atoms in total. The van der Waals surface area contributed by atoms with Gasteiger partial charge in [0.25, 0.3) is 0 Å². The summed E-state index contributed by atoms with van der Waals surface area (Å²) in [5, 5.41) is 7.43. The maximum absolute atomic E-state index is 5.54. The Bertz CT molecular complexity index is 315. The van der Waals surface area contributed by atoms with Gasteiger partial charge < -0.3 is 14.8 Å². The Morgan fingerprint density at radius 1 is 1.39 bits per heavy atom. The molecule has 0 bridgehead atoms. The van der Waals surface area contributed by atoms with Gasteiger partial charge in [-0.3, -0.25) is 0 Å². The van der Waals surface area contributed by atoms with E-state index in [4.69, 9.17) is 9.47 Å². The number of ether oxygens (including phenoxy) is 2. The van der Waals surface area contributed by atoms with Crippen molar-refractivity contribution >= 4 is 0 Å². The predicted octanol–water partition coefficient (Wildman–Crippen LogP) is 0.687. The van der Waals surface area contributed by atoms with Gasteiger partial charge >= 0.3 is 0 Å². The van der Waals surface area contributed by atoms with E-state index >= 15 is 0 Å². The van der Waals surface area contributed by atoms with Gasteiger partial charge in [0.2, 0.25) is 0 Å². The first-order valence-corrected chi connectivity index (χ1v) is 6.38. The van der Waals surface area contributed by atoms with Gasteiger partial charge in [-0.25, -0.2) is 9.67 Å². The summed E-state index contributed by atoms with van der Waals surface area (Å²) in [6.07, 6.45) is 1.58. The third-order valence-electron chi connectivity index (χ3n) is 2.36. The van der Waals surface area contributed by atoms with Crippen LogP contribution in [0.1, 0.15) is 19.7 Å². The molecular weight excluding hydrogens is 232 g/mol. The first kappa shape index (κ1) is 15.1. The quantitative estimate of drug-likeness (QED) is 0.624. The summed E-state index contributed by atoms with van der Waals surface area (Å²) >= 11 is 0. The minimum atomic E-state index is 0.566. The lowest BCUT2D eigenvalue weighted by atomic mass is 10.2. The summed E-state index contributed by atoms with van der Waals surface area (Å²) in [5.74, 6) is 1.50. The molecule has 1 aromatic heterocycles. The van der Waals surface area contributed by atoms with Crippen LogP contribution < -0.4 is 5.32 Å². The van der Waals surface area contributed by atoms with Gasteiger partial charge in [-0.2, -0.15) is 5.10 Å². The van der Waals surface area contributed by atoms with Crippen molar-refractivity contribution in [1.29, 1.82) is 0 Å². The van der Waals surface area contributed by atoms with Crippen LogP contribution in [-0.4, -0.2) is 48.2 Å². The lowest BCUT2D eigenvalue weighted by Gasteiger charge is -2.09. The number of nitrogens with zero attached hydrogens (tertiary/aromatic N) is 3. The van der Waals surface area contributed by atoms with Crippen LogP contribution in [0.25, 0.3) is 0 Å². The van der Waals surface area contributed by atoms with Crippen molar-refractivity contribution in [2.45, 2.75) is 26.9 Å². The molecule has 0 unspecified atom stereocenters. The molecule has 1 N–H and O–H groups in total. The van der Waals surface area contributed by atoms with E-state index in [0.29, 0.717) is 25.7 Å². The van der Waals surface area contributed by atoms with E-state index in [1.807, 2.05) is 4.68 Å². The summed E-state index contributed by atoms with van der Waals surface area (Å²) in [4.78, 5) is 4.22. The van der Waals surface area contributed by atoms with Gasteiger partial charge in [0.1, 0.15) is 12.2 Å². The SMILES string of the molecule is COCCNCc1ncnn1CCOCC(C)C. The number of nitrogens with one attached hydrogen (secondary N) is 1. The van der Waals surface area contributed by atoms with Crippen LogP contribution in [0, 0.1) is 5.92 Å². The minimum Gasteiger partial charge on any atom is -0.383 e. The van der Waals surface area contributed by atoms with Gasteiger partial charge in [0.05, 0.1) is 26.3 Å². The summed E-state index contributed by atoms with van der Waals surface area (Å²) in [6.45, 7) is 8.70. The zero-order valence-electron chi connectivity index (χ0n) is 11.6. The molecule has 0 aliphatic heterocycles. The van der Waals surface area contributed by atoms with Crippen molar-refractivity contribution in [2.75, 3.05) is 33.5 Å². The Balaban J connectivity index is 2.22. The molecule has 0 fully saturated rings. The van der Waals surface area contributed by atoms with Gasteiger partial charge in [-0.15, -0.1) is 0 Å². The largest absolute Gasteiger partial charge is 0.383 e. The lowest BCUT2D eigenvalue weighted by Crippen LogP contribution is -2.22. The molecule has 0 spiro atoms. The van der Waals surface area contributed by atoms with Gasteiger partial charge in [-0.1, -0.05) is 13.8 Å². The lowest BCUT2D eigenvalue weighted by molar-refractivity contribution is 0.100.